The van der Waals surface area contributed by atoms with Crippen LogP contribution in [-0.2, 0) is 16.0 Å². The number of aromatic nitrogens is 1. The van der Waals surface area contributed by atoms with Gasteiger partial charge in [0.1, 0.15) is 5.69 Å². The number of ether oxygens (including phenoxy) is 2. The van der Waals surface area contributed by atoms with Gasteiger partial charge < -0.3 is 14.0 Å². The van der Waals surface area contributed by atoms with Gasteiger partial charge in [0.05, 0.1) is 13.2 Å². The first-order valence-corrected chi connectivity index (χ1v) is 7.48. The molecule has 0 radical (unpaired) electrons. The Labute approximate surface area is 137 Å². The van der Waals surface area contributed by atoms with E-state index in [1.807, 2.05) is 0 Å². The van der Waals surface area contributed by atoms with E-state index in [9.17, 15) is 9.59 Å². The van der Waals surface area contributed by atoms with Crippen LogP contribution in [0.2, 0.25) is 0 Å². The van der Waals surface area contributed by atoms with E-state index in [1.165, 1.54) is 19.4 Å². The molecule has 1 fully saturated rings. The number of ketones is 1. The summed E-state index contributed by atoms with van der Waals surface area (Å²) in [6.45, 7) is 1.14. The summed E-state index contributed by atoms with van der Waals surface area (Å²) in [5.41, 5.74) is 0.374. The van der Waals surface area contributed by atoms with Crippen LogP contribution in [-0.4, -0.2) is 39.9 Å². The van der Waals surface area contributed by atoms with Crippen molar-refractivity contribution in [3.63, 3.8) is 0 Å². The van der Waals surface area contributed by atoms with Crippen molar-refractivity contribution >= 4 is 46.6 Å². The van der Waals surface area contributed by atoms with Gasteiger partial charge in [0.25, 0.3) is 3.79 Å². The van der Waals surface area contributed by atoms with E-state index >= 15 is 0 Å². The maximum absolute atomic E-state index is 12.0. The fraction of sp³-hybridized carbons (Fsp3) is 0.538. The Morgan fingerprint density at radius 3 is 2.71 bits per heavy atom. The number of rotatable bonds is 4. The minimum atomic E-state index is -2.07. The zero-order valence-electron chi connectivity index (χ0n) is 11.3. The number of hydrogen-bond acceptors (Lipinski definition) is 4. The van der Waals surface area contributed by atoms with E-state index in [0.717, 1.165) is 12.8 Å². The van der Waals surface area contributed by atoms with Crippen molar-refractivity contribution in [1.82, 2.24) is 4.57 Å². The van der Waals surface area contributed by atoms with Gasteiger partial charge in [-0.1, -0.05) is 34.8 Å². The second kappa shape index (κ2) is 6.57. The smallest absolute Gasteiger partial charge is 0.354 e. The van der Waals surface area contributed by atoms with Crippen LogP contribution in [0, 0.1) is 0 Å². The van der Waals surface area contributed by atoms with Gasteiger partial charge >= 0.3 is 5.97 Å². The van der Waals surface area contributed by atoms with Crippen LogP contribution >= 0.6 is 34.8 Å². The molecule has 8 heteroatoms. The number of alkyl halides is 3. The molecule has 1 aromatic heterocycles. The van der Waals surface area contributed by atoms with E-state index in [1.54, 1.807) is 4.57 Å². The predicted octanol–water partition coefficient (Wildman–Crippen LogP) is 3.01. The first-order chi connectivity index (χ1) is 9.82. The summed E-state index contributed by atoms with van der Waals surface area (Å²) in [6.07, 6.45) is 3.35. The average Bonchev–Trinajstić information content (AvgIpc) is 3.06. The summed E-state index contributed by atoms with van der Waals surface area (Å²) in [5.74, 6) is -1.25. The highest BCUT2D eigenvalue weighted by Crippen LogP contribution is 2.31. The molecule has 1 aromatic rings. The third kappa shape index (κ3) is 3.92. The summed E-state index contributed by atoms with van der Waals surface area (Å²) < 4.78 is 9.77. The van der Waals surface area contributed by atoms with Crippen LogP contribution in [0.5, 0.6) is 0 Å². The first kappa shape index (κ1) is 16.6. The summed E-state index contributed by atoms with van der Waals surface area (Å²) in [4.78, 5) is 23.8. The monoisotopic (exact) mass is 353 g/mol. The lowest BCUT2D eigenvalue weighted by Gasteiger charge is -2.12. The Balaban J connectivity index is 2.30. The summed E-state index contributed by atoms with van der Waals surface area (Å²) in [6, 6.07) is 1.37. The van der Waals surface area contributed by atoms with E-state index in [-0.39, 0.29) is 17.4 Å². The maximum atomic E-state index is 12.0. The van der Waals surface area contributed by atoms with Crippen molar-refractivity contribution < 1.29 is 19.1 Å². The van der Waals surface area contributed by atoms with Gasteiger partial charge in [-0.05, 0) is 18.9 Å². The highest BCUT2D eigenvalue weighted by Gasteiger charge is 2.33. The Kier molecular flexibility index (Phi) is 5.20. The molecule has 5 nitrogen and oxygen atoms in total. The zero-order valence-corrected chi connectivity index (χ0v) is 13.5. The normalized spacial score (nSPS) is 18.8. The molecule has 0 saturated carbocycles. The van der Waals surface area contributed by atoms with Crippen molar-refractivity contribution in [3.05, 3.63) is 23.5 Å². The number of carbonyl (C=O) groups is 2. The standard InChI is InChI=1S/C13H14Cl3NO4/c1-20-12(19)10-5-8(11(18)13(14,15)16)6-17(10)7-9-3-2-4-21-9/h5-6,9H,2-4,7H2,1H3. The SMILES string of the molecule is COC(=O)c1cc(C(=O)C(Cl)(Cl)Cl)cn1CC1CCCO1. The fourth-order valence-corrected chi connectivity index (χ4v) is 2.56. The van der Waals surface area contributed by atoms with Crippen LogP contribution in [0.4, 0.5) is 0 Å². The van der Waals surface area contributed by atoms with Crippen LogP contribution in [0.1, 0.15) is 33.7 Å². The summed E-state index contributed by atoms with van der Waals surface area (Å²) in [7, 11) is 1.27. The second-order valence-electron chi connectivity index (χ2n) is 4.72. The highest BCUT2D eigenvalue weighted by molar-refractivity contribution is 6.77. The molecule has 0 aromatic carbocycles. The van der Waals surface area contributed by atoms with Gasteiger partial charge in [0.15, 0.2) is 0 Å². The van der Waals surface area contributed by atoms with Gasteiger partial charge in [-0.2, -0.15) is 0 Å². The number of halogens is 3. The van der Waals surface area contributed by atoms with Gasteiger partial charge in [-0.15, -0.1) is 0 Å². The molecule has 1 aliphatic rings. The largest absolute Gasteiger partial charge is 0.464 e. The molecule has 0 amide bonds. The van der Waals surface area contributed by atoms with Crippen LogP contribution in [0.25, 0.3) is 0 Å². The molecule has 0 N–H and O–H groups in total. The van der Waals surface area contributed by atoms with Crippen LogP contribution < -0.4 is 0 Å². The molecule has 21 heavy (non-hydrogen) atoms. The first-order valence-electron chi connectivity index (χ1n) is 6.34. The van der Waals surface area contributed by atoms with Gasteiger partial charge in [0, 0.05) is 24.9 Å². The summed E-state index contributed by atoms with van der Waals surface area (Å²) in [5, 5.41) is 0. The second-order valence-corrected chi connectivity index (χ2v) is 7.00. The van der Waals surface area contributed by atoms with Gasteiger partial charge in [0.2, 0.25) is 5.78 Å². The number of Topliss-reactive ketones (excluding diaryl/α,β-unsaturated/α-hetero) is 1. The van der Waals surface area contributed by atoms with E-state index in [0.29, 0.717) is 13.2 Å². The molecule has 116 valence electrons. The Bertz CT molecular complexity index is 544. The van der Waals surface area contributed by atoms with Crippen molar-refractivity contribution in [2.45, 2.75) is 29.3 Å². The highest BCUT2D eigenvalue weighted by atomic mass is 35.6. The number of carbonyl (C=O) groups excluding carboxylic acids is 2. The van der Waals surface area contributed by atoms with E-state index in [4.69, 9.17) is 44.3 Å². The summed E-state index contributed by atoms with van der Waals surface area (Å²) >= 11 is 16.8. The van der Waals surface area contributed by atoms with Crippen LogP contribution in [0.3, 0.4) is 0 Å². The third-order valence-electron chi connectivity index (χ3n) is 3.24. The molecule has 2 rings (SSSR count). The maximum Gasteiger partial charge on any atom is 0.354 e. The fourth-order valence-electron chi connectivity index (χ4n) is 2.23. The lowest BCUT2D eigenvalue weighted by atomic mass is 10.2. The van der Waals surface area contributed by atoms with Gasteiger partial charge in [-0.3, -0.25) is 4.79 Å². The molecule has 1 unspecified atom stereocenters. The topological polar surface area (TPSA) is 57.5 Å². The molecule has 1 aliphatic heterocycles. The minimum absolute atomic E-state index is 0.00322. The molecule has 0 spiro atoms. The zero-order chi connectivity index (χ0) is 15.6. The Morgan fingerprint density at radius 1 is 1.48 bits per heavy atom. The van der Waals surface area contributed by atoms with Crippen LogP contribution in [0.15, 0.2) is 12.3 Å². The molecule has 2 heterocycles. The average molecular weight is 355 g/mol. The van der Waals surface area contributed by atoms with Crippen molar-refractivity contribution in [3.8, 4) is 0 Å². The van der Waals surface area contributed by atoms with Crippen molar-refractivity contribution in [2.75, 3.05) is 13.7 Å². The molecule has 0 bridgehead atoms. The molecular formula is C13H14Cl3NO4. The van der Waals surface area contributed by atoms with Gasteiger partial charge in [-0.25, -0.2) is 4.79 Å². The number of hydrogen-bond donors (Lipinski definition) is 0. The lowest BCUT2D eigenvalue weighted by molar-refractivity contribution is 0.0577. The van der Waals surface area contributed by atoms with E-state index < -0.39 is 15.5 Å². The quantitative estimate of drug-likeness (QED) is 0.474. The lowest BCUT2D eigenvalue weighted by Crippen LogP contribution is -2.19. The minimum Gasteiger partial charge on any atom is -0.464 e. The van der Waals surface area contributed by atoms with Crippen molar-refractivity contribution in [1.29, 1.82) is 0 Å². The number of nitrogens with zero attached hydrogens (tertiary/aromatic N) is 1. The Morgan fingerprint density at radius 2 is 2.19 bits per heavy atom. The molecule has 0 aliphatic carbocycles. The number of esters is 1. The number of methoxy groups -OCH3 is 1. The third-order valence-corrected chi connectivity index (χ3v) is 3.75. The molecule has 1 atom stereocenters. The molecule has 1 saturated heterocycles. The van der Waals surface area contributed by atoms with E-state index in [2.05, 4.69) is 0 Å². The van der Waals surface area contributed by atoms with Crippen molar-refractivity contribution in [2.24, 2.45) is 0 Å². The predicted molar refractivity (Wildman–Crippen MR) is 79.4 cm³/mol. The Hall–Kier alpha value is -0.750. The molecular weight excluding hydrogens is 341 g/mol.